The second kappa shape index (κ2) is 8.52. The Morgan fingerprint density at radius 1 is 1.26 bits per heavy atom. The molecule has 4 nitrogen and oxygen atoms in total. The highest BCUT2D eigenvalue weighted by Crippen LogP contribution is 2.47. The van der Waals surface area contributed by atoms with Gasteiger partial charge in [-0.05, 0) is 77.7 Å². The van der Waals surface area contributed by atoms with Gasteiger partial charge in [0.2, 0.25) is 5.60 Å². The normalized spacial score (nSPS) is 27.1. The first-order chi connectivity index (χ1) is 12.8. The van der Waals surface area contributed by atoms with Crippen molar-refractivity contribution in [2.45, 2.75) is 64.4 Å². The molecular weight excluding hydrogens is 432 g/mol. The monoisotopic (exact) mass is 456 g/mol. The number of fused-ring (bicyclic) bond motifs is 1. The number of benzene rings is 1. The molecule has 0 amide bonds. The highest BCUT2D eigenvalue weighted by molar-refractivity contribution is 9.10. The Morgan fingerprint density at radius 3 is 2.74 bits per heavy atom. The van der Waals surface area contributed by atoms with E-state index in [-0.39, 0.29) is 13.0 Å². The molecule has 0 aliphatic heterocycles. The number of carbonyl (C=O) groups excluding carboxylic acids is 2. The van der Waals surface area contributed by atoms with Crippen LogP contribution in [-0.4, -0.2) is 24.1 Å². The van der Waals surface area contributed by atoms with Crippen LogP contribution in [-0.2, 0) is 25.5 Å². The highest BCUT2D eigenvalue weighted by atomic mass is 79.9. The van der Waals surface area contributed by atoms with Crippen LogP contribution in [0, 0.1) is 18.8 Å². The summed E-state index contributed by atoms with van der Waals surface area (Å²) in [5, 5.41) is 0.551. The number of ether oxygens (including phenoxy) is 2. The van der Waals surface area contributed by atoms with E-state index in [0.29, 0.717) is 29.7 Å². The van der Waals surface area contributed by atoms with Crippen molar-refractivity contribution in [3.05, 3.63) is 32.8 Å². The van der Waals surface area contributed by atoms with E-state index in [1.54, 1.807) is 13.0 Å². The highest BCUT2D eigenvalue weighted by Gasteiger charge is 2.51. The fraction of sp³-hybridized carbons (Fsp3) is 0.619. The molecule has 0 saturated heterocycles. The van der Waals surface area contributed by atoms with Crippen LogP contribution >= 0.6 is 27.5 Å². The van der Waals surface area contributed by atoms with Gasteiger partial charge in [-0.3, -0.25) is 4.79 Å². The number of halogens is 2. The van der Waals surface area contributed by atoms with Crippen molar-refractivity contribution in [1.82, 2.24) is 0 Å². The van der Waals surface area contributed by atoms with E-state index in [1.165, 1.54) is 12.8 Å². The lowest BCUT2D eigenvalue weighted by Gasteiger charge is -2.39. The molecule has 2 aliphatic carbocycles. The van der Waals surface area contributed by atoms with Gasteiger partial charge in [-0.25, -0.2) is 4.79 Å². The Kier molecular flexibility index (Phi) is 6.52. The third-order valence-electron chi connectivity index (χ3n) is 6.00. The SMILES string of the molecule is CCOC(=O)C1(OC(=O)Cc2cc(Cl)c(Br)cc2C)CCC2CCCC2C1. The molecule has 2 aliphatic rings. The first-order valence-corrected chi connectivity index (χ1v) is 10.9. The molecule has 3 unspecified atom stereocenters. The summed E-state index contributed by atoms with van der Waals surface area (Å²) >= 11 is 9.56. The fourth-order valence-corrected chi connectivity index (χ4v) is 5.22. The molecule has 3 atom stereocenters. The molecule has 1 aromatic rings. The zero-order chi connectivity index (χ0) is 19.6. The standard InChI is InChI=1S/C21H26BrClO4/c1-3-26-20(25)21(8-7-14-5-4-6-15(14)12-21)27-19(24)11-16-10-18(23)17(22)9-13(16)2/h9-10,14-15H,3-8,11-12H2,1-2H3. The van der Waals surface area contributed by atoms with Gasteiger partial charge < -0.3 is 9.47 Å². The molecule has 1 aromatic carbocycles. The van der Waals surface area contributed by atoms with Gasteiger partial charge in [0, 0.05) is 10.9 Å². The van der Waals surface area contributed by atoms with Gasteiger partial charge in [-0.15, -0.1) is 0 Å². The Hall–Kier alpha value is -1.07. The van der Waals surface area contributed by atoms with Gasteiger partial charge in [0.1, 0.15) is 0 Å². The van der Waals surface area contributed by atoms with Crippen molar-refractivity contribution in [3.8, 4) is 0 Å². The van der Waals surface area contributed by atoms with Gasteiger partial charge in [0.15, 0.2) is 0 Å². The molecule has 0 heterocycles. The third kappa shape index (κ3) is 4.51. The van der Waals surface area contributed by atoms with Crippen LogP contribution < -0.4 is 0 Å². The van der Waals surface area contributed by atoms with Crippen LogP contribution in [0.2, 0.25) is 5.02 Å². The van der Waals surface area contributed by atoms with Crippen molar-refractivity contribution in [3.63, 3.8) is 0 Å². The average Bonchev–Trinajstić information content (AvgIpc) is 3.07. The summed E-state index contributed by atoms with van der Waals surface area (Å²) in [5.41, 5.74) is 0.626. The molecular formula is C21H26BrClO4. The van der Waals surface area contributed by atoms with Crippen LogP contribution in [0.1, 0.15) is 56.6 Å². The minimum Gasteiger partial charge on any atom is -0.463 e. The molecule has 2 saturated carbocycles. The van der Waals surface area contributed by atoms with Crippen LogP contribution in [0.25, 0.3) is 0 Å². The van der Waals surface area contributed by atoms with Crippen molar-refractivity contribution in [1.29, 1.82) is 0 Å². The van der Waals surface area contributed by atoms with E-state index in [9.17, 15) is 9.59 Å². The minimum absolute atomic E-state index is 0.0914. The van der Waals surface area contributed by atoms with Crippen LogP contribution in [0.5, 0.6) is 0 Å². The van der Waals surface area contributed by atoms with Crippen molar-refractivity contribution in [2.75, 3.05) is 6.61 Å². The van der Waals surface area contributed by atoms with Crippen molar-refractivity contribution in [2.24, 2.45) is 11.8 Å². The lowest BCUT2D eigenvalue weighted by Crippen LogP contribution is -2.49. The van der Waals surface area contributed by atoms with Gasteiger partial charge in [-0.2, -0.15) is 0 Å². The topological polar surface area (TPSA) is 52.6 Å². The van der Waals surface area contributed by atoms with Crippen LogP contribution in [0.15, 0.2) is 16.6 Å². The smallest absolute Gasteiger partial charge is 0.350 e. The number of carbonyl (C=O) groups is 2. The number of esters is 2. The molecule has 0 bridgehead atoms. The average molecular weight is 458 g/mol. The number of hydrogen-bond donors (Lipinski definition) is 0. The predicted octanol–water partition coefficient (Wildman–Crippen LogP) is 5.40. The molecule has 2 fully saturated rings. The summed E-state index contributed by atoms with van der Waals surface area (Å²) in [6.07, 6.45) is 5.66. The van der Waals surface area contributed by atoms with E-state index >= 15 is 0 Å². The summed E-state index contributed by atoms with van der Waals surface area (Å²) < 4.78 is 12.0. The number of rotatable bonds is 5. The van der Waals surface area contributed by atoms with E-state index in [2.05, 4.69) is 15.9 Å². The van der Waals surface area contributed by atoms with Gasteiger partial charge in [-0.1, -0.05) is 30.9 Å². The van der Waals surface area contributed by atoms with E-state index < -0.39 is 17.5 Å². The molecule has 148 valence electrons. The second-order valence-electron chi connectivity index (χ2n) is 7.75. The quantitative estimate of drug-likeness (QED) is 0.556. The lowest BCUT2D eigenvalue weighted by molar-refractivity contribution is -0.189. The van der Waals surface area contributed by atoms with E-state index in [1.807, 2.05) is 13.0 Å². The van der Waals surface area contributed by atoms with Crippen molar-refractivity contribution >= 4 is 39.5 Å². The maximum atomic E-state index is 12.8. The maximum Gasteiger partial charge on any atom is 0.350 e. The second-order valence-corrected chi connectivity index (χ2v) is 9.01. The largest absolute Gasteiger partial charge is 0.463 e. The fourth-order valence-electron chi connectivity index (χ4n) is 4.58. The molecule has 0 radical (unpaired) electrons. The predicted molar refractivity (Wildman–Crippen MR) is 108 cm³/mol. The first-order valence-electron chi connectivity index (χ1n) is 9.68. The Morgan fingerprint density at radius 2 is 2.00 bits per heavy atom. The summed E-state index contributed by atoms with van der Waals surface area (Å²) in [6, 6.07) is 3.66. The molecule has 6 heteroatoms. The zero-order valence-corrected chi connectivity index (χ0v) is 18.2. The van der Waals surface area contributed by atoms with Gasteiger partial charge in [0.25, 0.3) is 0 Å². The summed E-state index contributed by atoms with van der Waals surface area (Å²) in [5.74, 6) is 0.300. The van der Waals surface area contributed by atoms with Crippen molar-refractivity contribution < 1.29 is 19.1 Å². The Balaban J connectivity index is 1.77. The summed E-state index contributed by atoms with van der Waals surface area (Å²) in [6.45, 7) is 3.99. The summed E-state index contributed by atoms with van der Waals surface area (Å²) in [7, 11) is 0. The Labute approximate surface area is 174 Å². The molecule has 0 N–H and O–H groups in total. The molecule has 0 aromatic heterocycles. The number of hydrogen-bond acceptors (Lipinski definition) is 4. The van der Waals surface area contributed by atoms with Crippen LogP contribution in [0.4, 0.5) is 0 Å². The Bertz CT molecular complexity index is 735. The summed E-state index contributed by atoms with van der Waals surface area (Å²) in [4.78, 5) is 25.5. The maximum absolute atomic E-state index is 12.8. The van der Waals surface area contributed by atoms with Crippen LogP contribution in [0.3, 0.4) is 0 Å². The number of aryl methyl sites for hydroxylation is 1. The van der Waals surface area contributed by atoms with E-state index in [0.717, 1.165) is 28.4 Å². The molecule has 0 spiro atoms. The first kappa shape index (κ1) is 20.7. The van der Waals surface area contributed by atoms with Gasteiger partial charge in [0.05, 0.1) is 18.1 Å². The van der Waals surface area contributed by atoms with E-state index in [4.69, 9.17) is 21.1 Å². The molecule has 3 rings (SSSR count). The third-order valence-corrected chi connectivity index (χ3v) is 7.19. The van der Waals surface area contributed by atoms with Gasteiger partial charge >= 0.3 is 11.9 Å². The molecule has 27 heavy (non-hydrogen) atoms. The zero-order valence-electron chi connectivity index (χ0n) is 15.9. The minimum atomic E-state index is -1.13. The lowest BCUT2D eigenvalue weighted by atomic mass is 9.73.